The zero-order valence-corrected chi connectivity index (χ0v) is 12.4. The van der Waals surface area contributed by atoms with E-state index in [-0.39, 0.29) is 6.10 Å². The number of nitrogens with one attached hydrogen (secondary N) is 1. The Labute approximate surface area is 119 Å². The molecule has 2 heterocycles. The number of methoxy groups -OCH3 is 1. The smallest absolute Gasteiger partial charge is 0.160 e. The topological polar surface area (TPSA) is 64.9 Å². The standard InChI is InChI=1S/C14H21N5O/c1-5-12(20-4)14-17-11(7-13(18-14)15-6-2)10-8-16-19(3)9-10/h7-9,12H,5-6H2,1-4H3,(H,15,17,18). The molecule has 0 spiro atoms. The molecule has 0 saturated carbocycles. The maximum atomic E-state index is 5.44. The molecule has 0 fully saturated rings. The Morgan fingerprint density at radius 3 is 2.70 bits per heavy atom. The van der Waals surface area contributed by atoms with E-state index in [0.717, 1.165) is 30.0 Å². The van der Waals surface area contributed by atoms with Gasteiger partial charge in [-0.3, -0.25) is 4.68 Å². The Morgan fingerprint density at radius 2 is 2.15 bits per heavy atom. The molecule has 6 nitrogen and oxygen atoms in total. The van der Waals surface area contributed by atoms with Crippen LogP contribution < -0.4 is 5.32 Å². The van der Waals surface area contributed by atoms with E-state index < -0.39 is 0 Å². The summed E-state index contributed by atoms with van der Waals surface area (Å²) in [5.41, 5.74) is 1.83. The third-order valence-corrected chi connectivity index (χ3v) is 3.05. The second-order valence-corrected chi connectivity index (χ2v) is 4.56. The van der Waals surface area contributed by atoms with Gasteiger partial charge in [-0.05, 0) is 13.3 Å². The SMILES string of the molecule is CCNc1cc(-c2cnn(C)c2)nc(C(CC)OC)n1. The third-order valence-electron chi connectivity index (χ3n) is 3.05. The summed E-state index contributed by atoms with van der Waals surface area (Å²) >= 11 is 0. The van der Waals surface area contributed by atoms with E-state index in [1.54, 1.807) is 18.0 Å². The second-order valence-electron chi connectivity index (χ2n) is 4.56. The van der Waals surface area contributed by atoms with Crippen LogP contribution in [0.4, 0.5) is 5.82 Å². The summed E-state index contributed by atoms with van der Waals surface area (Å²) in [6, 6.07) is 1.94. The molecule has 2 aromatic rings. The van der Waals surface area contributed by atoms with Crippen LogP contribution in [0.25, 0.3) is 11.3 Å². The van der Waals surface area contributed by atoms with E-state index in [1.807, 2.05) is 26.2 Å². The monoisotopic (exact) mass is 275 g/mol. The lowest BCUT2D eigenvalue weighted by atomic mass is 10.2. The van der Waals surface area contributed by atoms with Gasteiger partial charge < -0.3 is 10.1 Å². The minimum atomic E-state index is -0.0935. The van der Waals surface area contributed by atoms with Gasteiger partial charge in [-0.1, -0.05) is 6.92 Å². The number of hydrogen-bond acceptors (Lipinski definition) is 5. The van der Waals surface area contributed by atoms with E-state index in [9.17, 15) is 0 Å². The fraction of sp³-hybridized carbons (Fsp3) is 0.500. The van der Waals surface area contributed by atoms with Crippen molar-refractivity contribution in [3.8, 4) is 11.3 Å². The Balaban J connectivity index is 2.45. The van der Waals surface area contributed by atoms with E-state index in [4.69, 9.17) is 4.74 Å². The number of ether oxygens (including phenoxy) is 1. The van der Waals surface area contributed by atoms with Crippen LogP contribution in [0.5, 0.6) is 0 Å². The zero-order valence-electron chi connectivity index (χ0n) is 12.4. The van der Waals surface area contributed by atoms with Crippen LogP contribution in [-0.2, 0) is 11.8 Å². The van der Waals surface area contributed by atoms with Crippen molar-refractivity contribution in [1.29, 1.82) is 0 Å². The number of rotatable bonds is 6. The molecule has 0 radical (unpaired) electrons. The van der Waals surface area contributed by atoms with Crippen molar-refractivity contribution in [2.45, 2.75) is 26.4 Å². The van der Waals surface area contributed by atoms with E-state index in [2.05, 4.69) is 27.3 Å². The molecule has 1 unspecified atom stereocenters. The van der Waals surface area contributed by atoms with Gasteiger partial charge in [-0.15, -0.1) is 0 Å². The molecule has 2 aromatic heterocycles. The first-order chi connectivity index (χ1) is 9.67. The first kappa shape index (κ1) is 14.5. The molecule has 2 rings (SSSR count). The molecule has 0 amide bonds. The van der Waals surface area contributed by atoms with Gasteiger partial charge in [0.2, 0.25) is 0 Å². The van der Waals surface area contributed by atoms with Gasteiger partial charge in [0, 0.05) is 38.5 Å². The molecule has 1 atom stereocenters. The Morgan fingerprint density at radius 1 is 1.35 bits per heavy atom. The van der Waals surface area contributed by atoms with Gasteiger partial charge in [-0.25, -0.2) is 9.97 Å². The molecule has 20 heavy (non-hydrogen) atoms. The van der Waals surface area contributed by atoms with E-state index in [0.29, 0.717) is 5.82 Å². The number of nitrogens with zero attached hydrogens (tertiary/aromatic N) is 4. The lowest BCUT2D eigenvalue weighted by molar-refractivity contribution is 0.0928. The molecular weight excluding hydrogens is 254 g/mol. The Bertz CT molecular complexity index is 562. The van der Waals surface area contributed by atoms with Crippen LogP contribution in [0, 0.1) is 0 Å². The summed E-state index contributed by atoms with van der Waals surface area (Å²) in [6.07, 6.45) is 4.48. The minimum absolute atomic E-state index is 0.0935. The molecule has 0 aliphatic heterocycles. The summed E-state index contributed by atoms with van der Waals surface area (Å²) < 4.78 is 7.20. The molecular formula is C14H21N5O. The van der Waals surface area contributed by atoms with E-state index >= 15 is 0 Å². The predicted molar refractivity (Wildman–Crippen MR) is 78.4 cm³/mol. The molecule has 0 aromatic carbocycles. The Kier molecular flexibility index (Phi) is 4.68. The highest BCUT2D eigenvalue weighted by Crippen LogP contribution is 2.24. The molecule has 0 aliphatic rings. The largest absolute Gasteiger partial charge is 0.373 e. The fourth-order valence-corrected chi connectivity index (χ4v) is 2.04. The average molecular weight is 275 g/mol. The summed E-state index contributed by atoms with van der Waals surface area (Å²) in [7, 11) is 3.57. The molecule has 1 N–H and O–H groups in total. The van der Waals surface area contributed by atoms with Crippen molar-refractivity contribution in [2.24, 2.45) is 7.05 Å². The maximum Gasteiger partial charge on any atom is 0.160 e. The minimum Gasteiger partial charge on any atom is -0.373 e. The molecule has 108 valence electrons. The first-order valence-electron chi connectivity index (χ1n) is 6.82. The molecule has 0 bridgehead atoms. The van der Waals surface area contributed by atoms with Crippen LogP contribution in [0.15, 0.2) is 18.5 Å². The lowest BCUT2D eigenvalue weighted by Gasteiger charge is -2.14. The van der Waals surface area contributed by atoms with Crippen molar-refractivity contribution in [3.05, 3.63) is 24.3 Å². The van der Waals surface area contributed by atoms with Gasteiger partial charge >= 0.3 is 0 Å². The molecule has 0 saturated heterocycles. The van der Waals surface area contributed by atoms with Gasteiger partial charge in [0.1, 0.15) is 11.9 Å². The summed E-state index contributed by atoms with van der Waals surface area (Å²) in [6.45, 7) is 4.91. The first-order valence-corrected chi connectivity index (χ1v) is 6.82. The highest BCUT2D eigenvalue weighted by Gasteiger charge is 2.15. The van der Waals surface area contributed by atoms with Crippen molar-refractivity contribution in [2.75, 3.05) is 19.0 Å². The van der Waals surface area contributed by atoms with E-state index in [1.165, 1.54) is 0 Å². The van der Waals surface area contributed by atoms with Crippen molar-refractivity contribution in [1.82, 2.24) is 19.7 Å². The highest BCUT2D eigenvalue weighted by atomic mass is 16.5. The second kappa shape index (κ2) is 6.47. The van der Waals surface area contributed by atoms with Gasteiger partial charge in [0.05, 0.1) is 11.9 Å². The number of aryl methyl sites for hydroxylation is 1. The van der Waals surface area contributed by atoms with Crippen LogP contribution in [-0.4, -0.2) is 33.4 Å². The van der Waals surface area contributed by atoms with Crippen LogP contribution in [0.3, 0.4) is 0 Å². The number of hydrogen-bond donors (Lipinski definition) is 1. The summed E-state index contributed by atoms with van der Waals surface area (Å²) in [5.74, 6) is 1.51. The summed E-state index contributed by atoms with van der Waals surface area (Å²) in [4.78, 5) is 9.13. The van der Waals surface area contributed by atoms with Crippen LogP contribution >= 0.6 is 0 Å². The number of aromatic nitrogens is 4. The average Bonchev–Trinajstić information content (AvgIpc) is 2.87. The van der Waals surface area contributed by atoms with Crippen molar-refractivity contribution in [3.63, 3.8) is 0 Å². The number of anilines is 1. The lowest BCUT2D eigenvalue weighted by Crippen LogP contribution is -2.09. The normalized spacial score (nSPS) is 12.4. The van der Waals surface area contributed by atoms with Crippen molar-refractivity contribution < 1.29 is 4.74 Å². The third kappa shape index (κ3) is 3.14. The van der Waals surface area contributed by atoms with Crippen LogP contribution in [0.1, 0.15) is 32.2 Å². The Hall–Kier alpha value is -1.95. The maximum absolute atomic E-state index is 5.44. The highest BCUT2D eigenvalue weighted by molar-refractivity contribution is 5.61. The van der Waals surface area contributed by atoms with Gasteiger partial charge in [0.25, 0.3) is 0 Å². The quantitative estimate of drug-likeness (QED) is 0.877. The fourth-order valence-electron chi connectivity index (χ4n) is 2.04. The molecule has 6 heteroatoms. The van der Waals surface area contributed by atoms with Crippen LogP contribution in [0.2, 0.25) is 0 Å². The molecule has 0 aliphatic carbocycles. The van der Waals surface area contributed by atoms with Gasteiger partial charge in [-0.2, -0.15) is 5.10 Å². The predicted octanol–water partition coefficient (Wildman–Crippen LogP) is 2.41. The summed E-state index contributed by atoms with van der Waals surface area (Å²) in [5, 5.41) is 7.42. The van der Waals surface area contributed by atoms with Crippen molar-refractivity contribution >= 4 is 5.82 Å². The zero-order chi connectivity index (χ0) is 14.5. The van der Waals surface area contributed by atoms with Gasteiger partial charge in [0.15, 0.2) is 5.82 Å².